The highest BCUT2D eigenvalue weighted by Crippen LogP contribution is 2.26. The number of ether oxygens (including phenoxy) is 1. The number of carbonyl (C=O) groups is 1. The lowest BCUT2D eigenvalue weighted by Crippen LogP contribution is -2.04. The average Bonchev–Trinajstić information content (AvgIpc) is 2.54. The van der Waals surface area contributed by atoms with E-state index in [-0.39, 0.29) is 11.9 Å². The Hall–Kier alpha value is -2.31. The van der Waals surface area contributed by atoms with Gasteiger partial charge in [0.25, 0.3) is 0 Å². The molecule has 0 aliphatic heterocycles. The number of rotatable bonds is 7. The summed E-state index contributed by atoms with van der Waals surface area (Å²) in [5.74, 6) is 0.110. The first kappa shape index (κ1) is 16.1. The average molecular weight is 294 g/mol. The largest absolute Gasteiger partial charge is 0.466 e. The first-order chi connectivity index (χ1) is 10.7. The molecular formula is C20H22O2. The zero-order valence-electron chi connectivity index (χ0n) is 13.0. The summed E-state index contributed by atoms with van der Waals surface area (Å²) in [5.41, 5.74) is 4.12. The number of hydrogen-bond donors (Lipinski definition) is 0. The van der Waals surface area contributed by atoms with Crippen molar-refractivity contribution in [2.45, 2.75) is 32.1 Å². The fourth-order valence-electron chi connectivity index (χ4n) is 2.63. The van der Waals surface area contributed by atoms with Crippen molar-refractivity contribution in [1.82, 2.24) is 0 Å². The third-order valence-electron chi connectivity index (χ3n) is 3.72. The van der Waals surface area contributed by atoms with Crippen LogP contribution in [0.25, 0.3) is 10.8 Å². The summed E-state index contributed by atoms with van der Waals surface area (Å²) in [6.07, 6.45) is 4.13. The summed E-state index contributed by atoms with van der Waals surface area (Å²) in [7, 11) is 0. The van der Waals surface area contributed by atoms with Crippen LogP contribution in [0.5, 0.6) is 0 Å². The molecule has 0 saturated heterocycles. The lowest BCUT2D eigenvalue weighted by atomic mass is 9.92. The molecule has 0 spiro atoms. The minimum absolute atomic E-state index is 0.123. The van der Waals surface area contributed by atoms with Gasteiger partial charge >= 0.3 is 5.97 Å². The molecule has 0 saturated carbocycles. The molecule has 0 radical (unpaired) electrons. The molecule has 2 aromatic carbocycles. The zero-order chi connectivity index (χ0) is 15.8. The Morgan fingerprint density at radius 2 is 2.05 bits per heavy atom. The molecule has 2 nitrogen and oxygen atoms in total. The van der Waals surface area contributed by atoms with Gasteiger partial charge in [0.15, 0.2) is 0 Å². The van der Waals surface area contributed by atoms with Gasteiger partial charge < -0.3 is 4.74 Å². The quantitative estimate of drug-likeness (QED) is 0.530. The molecule has 0 unspecified atom stereocenters. The molecule has 0 aromatic heterocycles. The first-order valence-electron chi connectivity index (χ1n) is 7.75. The van der Waals surface area contributed by atoms with Gasteiger partial charge in [-0.1, -0.05) is 49.0 Å². The second-order valence-corrected chi connectivity index (χ2v) is 5.28. The lowest BCUT2D eigenvalue weighted by Gasteiger charge is -2.13. The van der Waals surface area contributed by atoms with Crippen LogP contribution in [0.4, 0.5) is 0 Å². The molecule has 0 N–H and O–H groups in total. The molecule has 0 amide bonds. The van der Waals surface area contributed by atoms with E-state index in [1.54, 1.807) is 0 Å². The maximum absolute atomic E-state index is 11.4. The Morgan fingerprint density at radius 3 is 2.77 bits per heavy atom. The normalized spacial score (nSPS) is 11.7. The van der Waals surface area contributed by atoms with Crippen LogP contribution in [0.3, 0.4) is 0 Å². The van der Waals surface area contributed by atoms with E-state index in [9.17, 15) is 4.79 Å². The standard InChI is InChI=1S/C20H22O2/c1-3-8-16(11-7-12-20(21)22-4-2)19-14-13-17-9-5-6-10-18(17)15-19/h5-6,8-10,13-16H,1,4,7,11-12H2,2H3/t16-/m1/s1. The van der Waals surface area contributed by atoms with Gasteiger partial charge in [0.1, 0.15) is 0 Å². The van der Waals surface area contributed by atoms with E-state index in [0.29, 0.717) is 13.0 Å². The number of benzene rings is 2. The van der Waals surface area contributed by atoms with Gasteiger partial charge in [-0.15, -0.1) is 5.73 Å². The SMILES string of the molecule is C=C=C[C@H](CCCC(=O)OCC)c1ccc2ccccc2c1. The molecule has 0 fully saturated rings. The Morgan fingerprint density at radius 1 is 1.27 bits per heavy atom. The van der Waals surface area contributed by atoms with Crippen LogP contribution in [-0.2, 0) is 9.53 Å². The first-order valence-corrected chi connectivity index (χ1v) is 7.75. The molecule has 0 aliphatic rings. The second-order valence-electron chi connectivity index (χ2n) is 5.28. The molecule has 114 valence electrons. The van der Waals surface area contributed by atoms with Crippen molar-refractivity contribution in [3.8, 4) is 0 Å². The van der Waals surface area contributed by atoms with Gasteiger partial charge in [0.05, 0.1) is 6.61 Å². The van der Waals surface area contributed by atoms with Crippen LogP contribution in [0.15, 0.2) is 60.9 Å². The Balaban J connectivity index is 2.09. The Kier molecular flexibility index (Phi) is 6.00. The maximum atomic E-state index is 11.4. The molecule has 0 bridgehead atoms. The Labute approximate surface area is 132 Å². The minimum atomic E-state index is -0.123. The van der Waals surface area contributed by atoms with E-state index in [4.69, 9.17) is 4.74 Å². The van der Waals surface area contributed by atoms with E-state index in [0.717, 1.165) is 12.8 Å². The molecule has 1 atom stereocenters. The van der Waals surface area contributed by atoms with Gasteiger partial charge in [-0.25, -0.2) is 0 Å². The highest BCUT2D eigenvalue weighted by molar-refractivity contribution is 5.83. The summed E-state index contributed by atoms with van der Waals surface area (Å²) in [5, 5.41) is 2.46. The van der Waals surface area contributed by atoms with E-state index in [1.165, 1.54) is 16.3 Å². The third-order valence-corrected chi connectivity index (χ3v) is 3.72. The van der Waals surface area contributed by atoms with Gasteiger partial charge in [-0.3, -0.25) is 4.79 Å². The monoisotopic (exact) mass is 294 g/mol. The fourth-order valence-corrected chi connectivity index (χ4v) is 2.63. The van der Waals surface area contributed by atoms with Crippen LogP contribution in [-0.4, -0.2) is 12.6 Å². The van der Waals surface area contributed by atoms with Crippen LogP contribution in [0, 0.1) is 0 Å². The summed E-state index contributed by atoms with van der Waals surface area (Å²) >= 11 is 0. The predicted octanol–water partition coefficient (Wildman–Crippen LogP) is 5.00. The summed E-state index contributed by atoms with van der Waals surface area (Å²) in [6.45, 7) is 5.96. The molecule has 2 rings (SSSR count). The highest BCUT2D eigenvalue weighted by Gasteiger charge is 2.10. The second kappa shape index (κ2) is 8.21. The van der Waals surface area contributed by atoms with Crippen LogP contribution < -0.4 is 0 Å². The van der Waals surface area contributed by atoms with Gasteiger partial charge in [-0.05, 0) is 42.2 Å². The summed E-state index contributed by atoms with van der Waals surface area (Å²) in [4.78, 5) is 11.4. The van der Waals surface area contributed by atoms with Gasteiger partial charge in [0.2, 0.25) is 0 Å². The van der Waals surface area contributed by atoms with Crippen LogP contribution >= 0.6 is 0 Å². The van der Waals surface area contributed by atoms with Crippen LogP contribution in [0.1, 0.15) is 37.7 Å². The van der Waals surface area contributed by atoms with Crippen LogP contribution in [0.2, 0.25) is 0 Å². The van der Waals surface area contributed by atoms with E-state index in [1.807, 2.05) is 25.1 Å². The number of carbonyl (C=O) groups excluding carboxylic acids is 1. The molecule has 22 heavy (non-hydrogen) atoms. The smallest absolute Gasteiger partial charge is 0.305 e. The lowest BCUT2D eigenvalue weighted by molar-refractivity contribution is -0.143. The third kappa shape index (κ3) is 4.34. The van der Waals surface area contributed by atoms with E-state index < -0.39 is 0 Å². The van der Waals surface area contributed by atoms with Crippen molar-refractivity contribution < 1.29 is 9.53 Å². The Bertz CT molecular complexity index is 681. The van der Waals surface area contributed by atoms with Gasteiger partial charge in [0, 0.05) is 12.3 Å². The van der Waals surface area contributed by atoms with Gasteiger partial charge in [-0.2, -0.15) is 0 Å². The zero-order valence-corrected chi connectivity index (χ0v) is 13.0. The molecule has 0 aliphatic carbocycles. The predicted molar refractivity (Wildman–Crippen MR) is 90.9 cm³/mol. The fraction of sp³-hybridized carbons (Fsp3) is 0.300. The number of fused-ring (bicyclic) bond motifs is 1. The van der Waals surface area contributed by atoms with Crippen molar-refractivity contribution in [3.63, 3.8) is 0 Å². The highest BCUT2D eigenvalue weighted by atomic mass is 16.5. The molecule has 0 heterocycles. The number of allylic oxidation sites excluding steroid dienone is 1. The van der Waals surface area contributed by atoms with Crippen molar-refractivity contribution in [1.29, 1.82) is 0 Å². The van der Waals surface area contributed by atoms with Crippen molar-refractivity contribution in [3.05, 3.63) is 66.4 Å². The van der Waals surface area contributed by atoms with Crippen molar-refractivity contribution >= 4 is 16.7 Å². The molecule has 2 aromatic rings. The molecule has 2 heteroatoms. The maximum Gasteiger partial charge on any atom is 0.305 e. The topological polar surface area (TPSA) is 26.3 Å². The minimum Gasteiger partial charge on any atom is -0.466 e. The van der Waals surface area contributed by atoms with E-state index >= 15 is 0 Å². The van der Waals surface area contributed by atoms with E-state index in [2.05, 4.69) is 42.6 Å². The summed E-state index contributed by atoms with van der Waals surface area (Å²) in [6, 6.07) is 14.8. The molecular weight excluding hydrogens is 272 g/mol. The van der Waals surface area contributed by atoms with Crippen molar-refractivity contribution in [2.75, 3.05) is 6.61 Å². The van der Waals surface area contributed by atoms with Crippen molar-refractivity contribution in [2.24, 2.45) is 0 Å². The number of hydrogen-bond acceptors (Lipinski definition) is 2. The number of esters is 1. The summed E-state index contributed by atoms with van der Waals surface area (Å²) < 4.78 is 4.97.